The molecule has 5 nitrogen and oxygen atoms in total. The summed E-state index contributed by atoms with van der Waals surface area (Å²) in [5.41, 5.74) is 1.54. The summed E-state index contributed by atoms with van der Waals surface area (Å²) in [6.45, 7) is 10.2. The summed E-state index contributed by atoms with van der Waals surface area (Å²) >= 11 is 13.5. The average Bonchev–Trinajstić information content (AvgIpc) is 2.76. The third-order valence-corrected chi connectivity index (χ3v) is 5.19. The molecule has 0 spiro atoms. The van der Waals surface area contributed by atoms with Crippen LogP contribution in [0.4, 0.5) is 0 Å². The number of pyridine rings is 1. The maximum Gasteiger partial charge on any atom is 0.306 e. The molecule has 0 unspecified atom stereocenters. The van der Waals surface area contributed by atoms with Crippen LogP contribution in [0, 0.1) is 13.8 Å². The van der Waals surface area contributed by atoms with Crippen molar-refractivity contribution in [3.8, 4) is 0 Å². The molecule has 0 aliphatic heterocycles. The Hall–Kier alpha value is -1.24. The van der Waals surface area contributed by atoms with Crippen molar-refractivity contribution in [2.75, 3.05) is 0 Å². The van der Waals surface area contributed by atoms with Gasteiger partial charge in [0.05, 0.1) is 15.7 Å². The van der Waals surface area contributed by atoms with Gasteiger partial charge in [0, 0.05) is 24.9 Å². The predicted molar refractivity (Wildman–Crippen MR) is 105 cm³/mol. The first kappa shape index (κ1) is 21.1. The zero-order valence-corrected chi connectivity index (χ0v) is 17.9. The minimum Gasteiger partial charge on any atom is -0.460 e. The highest BCUT2D eigenvalue weighted by molar-refractivity contribution is 7.99. The summed E-state index contributed by atoms with van der Waals surface area (Å²) in [5, 5.41) is 2.42. The second-order valence-electron chi connectivity index (χ2n) is 6.95. The van der Waals surface area contributed by atoms with Gasteiger partial charge in [-0.2, -0.15) is 0 Å². The number of aryl methyl sites for hydroxylation is 1. The highest BCUT2D eigenvalue weighted by Crippen LogP contribution is 2.33. The number of hydrogen-bond donors (Lipinski definition) is 0. The molecule has 2 aromatic heterocycles. The lowest BCUT2D eigenvalue weighted by Crippen LogP contribution is -2.23. The van der Waals surface area contributed by atoms with E-state index < -0.39 is 5.60 Å². The van der Waals surface area contributed by atoms with Crippen LogP contribution < -0.4 is 0 Å². The van der Waals surface area contributed by atoms with E-state index in [4.69, 9.17) is 27.9 Å². The molecule has 0 aromatic carbocycles. The highest BCUT2D eigenvalue weighted by Gasteiger charge is 2.18. The van der Waals surface area contributed by atoms with E-state index in [0.717, 1.165) is 16.5 Å². The van der Waals surface area contributed by atoms with Crippen molar-refractivity contribution >= 4 is 40.9 Å². The van der Waals surface area contributed by atoms with E-state index in [0.29, 0.717) is 34.5 Å². The van der Waals surface area contributed by atoms with Crippen LogP contribution in [0.3, 0.4) is 0 Å². The van der Waals surface area contributed by atoms with Crippen LogP contribution >= 0.6 is 35.0 Å². The van der Waals surface area contributed by atoms with Gasteiger partial charge in [0.25, 0.3) is 0 Å². The SMILES string of the molecule is Cc1nc(Sc2ncc(Cl)cc2Cl)n(CCCC(=O)OC(C)(C)C)c1C. The van der Waals surface area contributed by atoms with Crippen LogP contribution in [0.1, 0.15) is 45.0 Å². The molecule has 26 heavy (non-hydrogen) atoms. The lowest BCUT2D eigenvalue weighted by Gasteiger charge is -2.19. The molecule has 0 saturated heterocycles. The quantitative estimate of drug-likeness (QED) is 0.584. The van der Waals surface area contributed by atoms with Gasteiger partial charge >= 0.3 is 5.97 Å². The van der Waals surface area contributed by atoms with Gasteiger partial charge in [-0.05, 0) is 58.9 Å². The molecular formula is C18H23Cl2N3O2S. The summed E-state index contributed by atoms with van der Waals surface area (Å²) in [5.74, 6) is -0.191. The number of carbonyl (C=O) groups excluding carboxylic acids is 1. The molecule has 2 rings (SSSR count). The van der Waals surface area contributed by atoms with Crippen molar-refractivity contribution < 1.29 is 9.53 Å². The van der Waals surface area contributed by atoms with E-state index in [1.807, 2.05) is 34.6 Å². The number of halogens is 2. The van der Waals surface area contributed by atoms with Crippen LogP contribution in [0.25, 0.3) is 0 Å². The lowest BCUT2D eigenvalue weighted by atomic mass is 10.2. The molecule has 0 amide bonds. The highest BCUT2D eigenvalue weighted by atomic mass is 35.5. The number of imidazole rings is 1. The average molecular weight is 416 g/mol. The Morgan fingerprint density at radius 3 is 2.62 bits per heavy atom. The Balaban J connectivity index is 2.08. The predicted octanol–water partition coefficient (Wildman–Crippen LogP) is 5.47. The summed E-state index contributed by atoms with van der Waals surface area (Å²) in [7, 11) is 0. The minimum absolute atomic E-state index is 0.191. The zero-order chi connectivity index (χ0) is 19.5. The number of ether oxygens (including phenoxy) is 1. The molecular weight excluding hydrogens is 393 g/mol. The first-order chi connectivity index (χ1) is 12.1. The van der Waals surface area contributed by atoms with Gasteiger partial charge in [-0.15, -0.1) is 0 Å². The fourth-order valence-corrected chi connectivity index (χ4v) is 3.75. The summed E-state index contributed by atoms with van der Waals surface area (Å²) < 4.78 is 7.44. The van der Waals surface area contributed by atoms with E-state index in [1.165, 1.54) is 11.8 Å². The van der Waals surface area contributed by atoms with E-state index in [1.54, 1.807) is 12.3 Å². The van der Waals surface area contributed by atoms with Crippen LogP contribution in [0.15, 0.2) is 22.4 Å². The number of nitrogens with zero attached hydrogens (tertiary/aromatic N) is 3. The van der Waals surface area contributed by atoms with Crippen molar-refractivity contribution in [2.45, 2.75) is 69.8 Å². The van der Waals surface area contributed by atoms with Gasteiger partial charge in [-0.3, -0.25) is 4.79 Å². The standard InChI is InChI=1S/C18H23Cl2N3O2S/c1-11-12(2)23(8-6-7-15(24)25-18(3,4)5)17(22-11)26-16-14(20)9-13(19)10-21-16/h9-10H,6-8H2,1-5H3. The van der Waals surface area contributed by atoms with Gasteiger partial charge in [-0.1, -0.05) is 23.2 Å². The van der Waals surface area contributed by atoms with E-state index in [9.17, 15) is 4.79 Å². The minimum atomic E-state index is -0.462. The van der Waals surface area contributed by atoms with Crippen molar-refractivity contribution in [2.24, 2.45) is 0 Å². The maximum atomic E-state index is 11.9. The third-order valence-electron chi connectivity index (χ3n) is 3.57. The maximum absolute atomic E-state index is 11.9. The van der Waals surface area contributed by atoms with Gasteiger partial charge in [0.2, 0.25) is 0 Å². The fourth-order valence-electron chi connectivity index (χ4n) is 2.30. The van der Waals surface area contributed by atoms with Crippen LogP contribution in [-0.4, -0.2) is 26.1 Å². The van der Waals surface area contributed by atoms with Crippen LogP contribution in [-0.2, 0) is 16.1 Å². The lowest BCUT2D eigenvalue weighted by molar-refractivity contribution is -0.154. The van der Waals surface area contributed by atoms with Crippen molar-refractivity contribution in [1.29, 1.82) is 0 Å². The second kappa shape index (κ2) is 8.63. The topological polar surface area (TPSA) is 57.0 Å². The molecule has 0 aliphatic rings. The number of aromatic nitrogens is 3. The van der Waals surface area contributed by atoms with Gasteiger partial charge in [-0.25, -0.2) is 9.97 Å². The van der Waals surface area contributed by atoms with Crippen LogP contribution in [0.5, 0.6) is 0 Å². The largest absolute Gasteiger partial charge is 0.460 e. The molecule has 8 heteroatoms. The zero-order valence-electron chi connectivity index (χ0n) is 15.6. The fraction of sp³-hybridized carbons (Fsp3) is 0.500. The molecule has 0 N–H and O–H groups in total. The Morgan fingerprint density at radius 2 is 2.00 bits per heavy atom. The summed E-state index contributed by atoms with van der Waals surface area (Å²) in [6, 6.07) is 1.66. The molecule has 0 aliphatic carbocycles. The molecule has 142 valence electrons. The Kier molecular flexibility index (Phi) is 6.99. The molecule has 0 atom stereocenters. The Morgan fingerprint density at radius 1 is 1.31 bits per heavy atom. The first-order valence-corrected chi connectivity index (χ1v) is 9.88. The monoisotopic (exact) mass is 415 g/mol. The first-order valence-electron chi connectivity index (χ1n) is 8.31. The molecule has 0 radical (unpaired) electrons. The number of carbonyl (C=O) groups is 1. The molecule has 0 fully saturated rings. The van der Waals surface area contributed by atoms with Gasteiger partial charge in [0.1, 0.15) is 10.6 Å². The molecule has 0 saturated carbocycles. The van der Waals surface area contributed by atoms with Crippen molar-refractivity contribution in [3.05, 3.63) is 33.7 Å². The number of hydrogen-bond acceptors (Lipinski definition) is 5. The third kappa shape index (κ3) is 5.89. The van der Waals surface area contributed by atoms with E-state index in [-0.39, 0.29) is 5.97 Å². The number of esters is 1. The molecule has 0 bridgehead atoms. The van der Waals surface area contributed by atoms with Crippen LogP contribution in [0.2, 0.25) is 10.0 Å². The smallest absolute Gasteiger partial charge is 0.306 e. The van der Waals surface area contributed by atoms with Gasteiger partial charge in [0.15, 0.2) is 5.16 Å². The van der Waals surface area contributed by atoms with E-state index >= 15 is 0 Å². The Bertz CT molecular complexity index is 800. The van der Waals surface area contributed by atoms with Crippen molar-refractivity contribution in [3.63, 3.8) is 0 Å². The molecule has 2 aromatic rings. The number of rotatable bonds is 6. The summed E-state index contributed by atoms with van der Waals surface area (Å²) in [6.07, 6.45) is 2.59. The second-order valence-corrected chi connectivity index (χ2v) is 8.75. The van der Waals surface area contributed by atoms with Gasteiger partial charge < -0.3 is 9.30 Å². The molecule has 2 heterocycles. The van der Waals surface area contributed by atoms with Crippen molar-refractivity contribution in [1.82, 2.24) is 14.5 Å². The normalized spacial score (nSPS) is 11.7. The van der Waals surface area contributed by atoms with E-state index in [2.05, 4.69) is 14.5 Å². The Labute approximate surface area is 168 Å². The summed E-state index contributed by atoms with van der Waals surface area (Å²) in [4.78, 5) is 20.8.